The van der Waals surface area contributed by atoms with Gasteiger partial charge in [0, 0.05) is 29.6 Å². The highest BCUT2D eigenvalue weighted by molar-refractivity contribution is 9.10. The third kappa shape index (κ3) is 2.60. The predicted octanol–water partition coefficient (Wildman–Crippen LogP) is 2.37. The van der Waals surface area contributed by atoms with Gasteiger partial charge in [-0.2, -0.15) is 0 Å². The first-order valence-corrected chi connectivity index (χ1v) is 6.20. The van der Waals surface area contributed by atoms with Gasteiger partial charge in [0.1, 0.15) is 0 Å². The molecule has 0 spiro atoms. The number of benzene rings is 1. The average Bonchev–Trinajstić information content (AvgIpc) is 2.53. The molecule has 1 aromatic carbocycles. The molecular formula is C12H17BrN2. The van der Waals surface area contributed by atoms with Crippen molar-refractivity contribution in [2.24, 2.45) is 5.73 Å². The monoisotopic (exact) mass is 268 g/mol. The fourth-order valence-electron chi connectivity index (χ4n) is 2.08. The lowest BCUT2D eigenvalue weighted by Crippen LogP contribution is -2.36. The van der Waals surface area contributed by atoms with Gasteiger partial charge in [0.05, 0.1) is 0 Å². The van der Waals surface area contributed by atoms with Crippen molar-refractivity contribution in [3.63, 3.8) is 0 Å². The third-order valence-electron chi connectivity index (χ3n) is 3.24. The molecule has 2 rings (SSSR count). The number of hydrogen-bond donors (Lipinski definition) is 1. The summed E-state index contributed by atoms with van der Waals surface area (Å²) in [4.78, 5) is 2.45. The Morgan fingerprint density at radius 2 is 2.07 bits per heavy atom. The van der Waals surface area contributed by atoms with Gasteiger partial charge >= 0.3 is 0 Å². The summed E-state index contributed by atoms with van der Waals surface area (Å²) in [6.07, 6.45) is 1.12. The van der Waals surface area contributed by atoms with Crippen molar-refractivity contribution in [3.8, 4) is 0 Å². The molecule has 2 atom stereocenters. The average molecular weight is 269 g/mol. The van der Waals surface area contributed by atoms with Crippen LogP contribution in [0.25, 0.3) is 0 Å². The minimum atomic E-state index is 0.348. The van der Waals surface area contributed by atoms with Crippen LogP contribution in [0.4, 0.5) is 0 Å². The molecular weight excluding hydrogens is 252 g/mol. The molecule has 82 valence electrons. The van der Waals surface area contributed by atoms with Crippen molar-refractivity contribution in [2.45, 2.75) is 32.0 Å². The highest BCUT2D eigenvalue weighted by Crippen LogP contribution is 2.19. The van der Waals surface area contributed by atoms with Gasteiger partial charge in [-0.3, -0.25) is 4.90 Å². The standard InChI is InChI=1S/C12H17BrN2/c1-9-12(14)6-7-15(9)8-10-2-4-11(13)5-3-10/h2-5,9,12H,6-8,14H2,1H3. The molecule has 1 fully saturated rings. The molecule has 0 radical (unpaired) electrons. The molecule has 2 nitrogen and oxygen atoms in total. The Hall–Kier alpha value is -0.380. The van der Waals surface area contributed by atoms with Crippen LogP contribution in [0.2, 0.25) is 0 Å². The number of nitrogens with two attached hydrogens (primary N) is 1. The summed E-state index contributed by atoms with van der Waals surface area (Å²) in [5.74, 6) is 0. The molecule has 0 aliphatic carbocycles. The summed E-state index contributed by atoms with van der Waals surface area (Å²) >= 11 is 3.45. The molecule has 1 heterocycles. The largest absolute Gasteiger partial charge is 0.326 e. The van der Waals surface area contributed by atoms with Gasteiger partial charge in [-0.1, -0.05) is 28.1 Å². The summed E-state index contributed by atoms with van der Waals surface area (Å²) in [7, 11) is 0. The van der Waals surface area contributed by atoms with Crippen molar-refractivity contribution in [1.29, 1.82) is 0 Å². The molecule has 3 heteroatoms. The number of likely N-dealkylation sites (tertiary alicyclic amines) is 1. The summed E-state index contributed by atoms with van der Waals surface area (Å²) in [5, 5.41) is 0. The second-order valence-electron chi connectivity index (χ2n) is 4.29. The van der Waals surface area contributed by atoms with Crippen molar-refractivity contribution in [2.75, 3.05) is 6.54 Å². The fraction of sp³-hybridized carbons (Fsp3) is 0.500. The molecule has 2 unspecified atom stereocenters. The Bertz CT molecular complexity index is 323. The molecule has 1 aromatic rings. The Labute approximate surface area is 99.6 Å². The first-order chi connectivity index (χ1) is 7.16. The Morgan fingerprint density at radius 1 is 1.40 bits per heavy atom. The van der Waals surface area contributed by atoms with E-state index in [1.165, 1.54) is 5.56 Å². The van der Waals surface area contributed by atoms with E-state index in [0.29, 0.717) is 12.1 Å². The Balaban J connectivity index is 2.00. The molecule has 0 saturated carbocycles. The number of hydrogen-bond acceptors (Lipinski definition) is 2. The van der Waals surface area contributed by atoms with Crippen LogP contribution in [0.1, 0.15) is 18.9 Å². The van der Waals surface area contributed by atoms with E-state index in [1.807, 2.05) is 0 Å². The third-order valence-corrected chi connectivity index (χ3v) is 3.77. The maximum Gasteiger partial charge on any atom is 0.0237 e. The second kappa shape index (κ2) is 4.64. The summed E-state index contributed by atoms with van der Waals surface area (Å²) in [6, 6.07) is 9.38. The molecule has 2 N–H and O–H groups in total. The summed E-state index contributed by atoms with van der Waals surface area (Å²) < 4.78 is 1.14. The van der Waals surface area contributed by atoms with Crippen LogP contribution in [0, 0.1) is 0 Å². The maximum atomic E-state index is 6.00. The van der Waals surface area contributed by atoms with Crippen LogP contribution in [0.3, 0.4) is 0 Å². The number of rotatable bonds is 2. The number of nitrogens with zero attached hydrogens (tertiary/aromatic N) is 1. The van der Waals surface area contributed by atoms with E-state index in [4.69, 9.17) is 5.73 Å². The smallest absolute Gasteiger partial charge is 0.0237 e. The van der Waals surface area contributed by atoms with E-state index < -0.39 is 0 Å². The predicted molar refractivity (Wildman–Crippen MR) is 66.6 cm³/mol. The molecule has 15 heavy (non-hydrogen) atoms. The van der Waals surface area contributed by atoms with Gasteiger partial charge < -0.3 is 5.73 Å². The van der Waals surface area contributed by atoms with Gasteiger partial charge in [-0.05, 0) is 31.0 Å². The van der Waals surface area contributed by atoms with Gasteiger partial charge in [0.2, 0.25) is 0 Å². The SMILES string of the molecule is CC1C(N)CCN1Cc1ccc(Br)cc1. The van der Waals surface area contributed by atoms with E-state index in [1.54, 1.807) is 0 Å². The molecule has 1 aliphatic rings. The first-order valence-electron chi connectivity index (χ1n) is 5.41. The van der Waals surface area contributed by atoms with Crippen molar-refractivity contribution in [3.05, 3.63) is 34.3 Å². The van der Waals surface area contributed by atoms with Gasteiger partial charge in [-0.25, -0.2) is 0 Å². The van der Waals surface area contributed by atoms with Crippen molar-refractivity contribution >= 4 is 15.9 Å². The van der Waals surface area contributed by atoms with Gasteiger partial charge in [0.15, 0.2) is 0 Å². The maximum absolute atomic E-state index is 6.00. The zero-order valence-electron chi connectivity index (χ0n) is 8.99. The highest BCUT2D eigenvalue weighted by atomic mass is 79.9. The zero-order chi connectivity index (χ0) is 10.8. The van der Waals surface area contributed by atoms with Crippen LogP contribution < -0.4 is 5.73 Å². The Kier molecular flexibility index (Phi) is 3.44. The topological polar surface area (TPSA) is 29.3 Å². The van der Waals surface area contributed by atoms with E-state index in [-0.39, 0.29) is 0 Å². The minimum absolute atomic E-state index is 0.348. The molecule has 0 bridgehead atoms. The second-order valence-corrected chi connectivity index (χ2v) is 5.21. The first kappa shape index (κ1) is 11.1. The lowest BCUT2D eigenvalue weighted by Gasteiger charge is -2.22. The zero-order valence-corrected chi connectivity index (χ0v) is 10.6. The van der Waals surface area contributed by atoms with Crippen LogP contribution in [0.5, 0.6) is 0 Å². The lowest BCUT2D eigenvalue weighted by molar-refractivity contribution is 0.251. The fourth-order valence-corrected chi connectivity index (χ4v) is 2.34. The van der Waals surface area contributed by atoms with E-state index in [9.17, 15) is 0 Å². The number of halogens is 1. The molecule has 0 amide bonds. The molecule has 0 aromatic heterocycles. The minimum Gasteiger partial charge on any atom is -0.326 e. The lowest BCUT2D eigenvalue weighted by atomic mass is 10.1. The quantitative estimate of drug-likeness (QED) is 0.893. The molecule has 1 aliphatic heterocycles. The van der Waals surface area contributed by atoms with Gasteiger partial charge in [-0.15, -0.1) is 0 Å². The van der Waals surface area contributed by atoms with E-state index in [2.05, 4.69) is 52.0 Å². The summed E-state index contributed by atoms with van der Waals surface area (Å²) in [6.45, 7) is 4.36. The van der Waals surface area contributed by atoms with Crippen molar-refractivity contribution < 1.29 is 0 Å². The van der Waals surface area contributed by atoms with Gasteiger partial charge in [0.25, 0.3) is 0 Å². The summed E-state index contributed by atoms with van der Waals surface area (Å²) in [5.41, 5.74) is 7.36. The highest BCUT2D eigenvalue weighted by Gasteiger charge is 2.27. The Morgan fingerprint density at radius 3 is 2.60 bits per heavy atom. The van der Waals surface area contributed by atoms with Crippen LogP contribution in [-0.2, 0) is 6.54 Å². The molecule has 1 saturated heterocycles. The normalized spacial score (nSPS) is 27.1. The van der Waals surface area contributed by atoms with Crippen LogP contribution in [-0.4, -0.2) is 23.5 Å². The van der Waals surface area contributed by atoms with Crippen molar-refractivity contribution in [1.82, 2.24) is 4.90 Å². The van der Waals surface area contributed by atoms with E-state index in [0.717, 1.165) is 24.0 Å². The van der Waals surface area contributed by atoms with E-state index >= 15 is 0 Å². The van der Waals surface area contributed by atoms with Crippen LogP contribution >= 0.6 is 15.9 Å². The van der Waals surface area contributed by atoms with Crippen LogP contribution in [0.15, 0.2) is 28.7 Å².